The molecule has 1 saturated carbocycles. The fourth-order valence-electron chi connectivity index (χ4n) is 3.35. The summed E-state index contributed by atoms with van der Waals surface area (Å²) in [5, 5.41) is 0. The van der Waals surface area contributed by atoms with Gasteiger partial charge in [0.05, 0.1) is 0 Å². The van der Waals surface area contributed by atoms with Crippen molar-refractivity contribution in [1.82, 2.24) is 0 Å². The van der Waals surface area contributed by atoms with E-state index < -0.39 is 0 Å². The normalized spacial score (nSPS) is 18.4. The number of para-hydroxylation sites is 1. The fraction of sp³-hybridized carbons (Fsp3) is 0.278. The van der Waals surface area contributed by atoms with Gasteiger partial charge in [-0.3, -0.25) is 4.79 Å². The van der Waals surface area contributed by atoms with Crippen molar-refractivity contribution >= 4 is 11.5 Å². The van der Waals surface area contributed by atoms with Crippen LogP contribution in [-0.2, 0) is 6.54 Å². The predicted octanol–water partition coefficient (Wildman–Crippen LogP) is 3.73. The maximum absolute atomic E-state index is 12.6. The van der Waals surface area contributed by atoms with E-state index in [4.69, 9.17) is 0 Å². The molecule has 2 aliphatic rings. The van der Waals surface area contributed by atoms with E-state index in [1.165, 1.54) is 11.1 Å². The second-order valence-corrected chi connectivity index (χ2v) is 5.95. The molecule has 1 aliphatic heterocycles. The van der Waals surface area contributed by atoms with Gasteiger partial charge < -0.3 is 4.90 Å². The number of benzene rings is 2. The lowest BCUT2D eigenvalue weighted by Gasteiger charge is -2.26. The molecule has 0 amide bonds. The first-order valence-corrected chi connectivity index (χ1v) is 7.18. The van der Waals surface area contributed by atoms with E-state index in [9.17, 15) is 4.79 Å². The van der Waals surface area contributed by atoms with Crippen LogP contribution in [-0.4, -0.2) is 11.3 Å². The molecule has 2 aromatic rings. The van der Waals surface area contributed by atoms with Crippen molar-refractivity contribution in [2.75, 3.05) is 4.90 Å². The first kappa shape index (κ1) is 11.7. The molecular weight excluding hydrogens is 246 g/mol. The zero-order chi connectivity index (χ0) is 13.7. The number of carbonyl (C=O) groups excluding carboxylic acids is 1. The van der Waals surface area contributed by atoms with Gasteiger partial charge in [-0.15, -0.1) is 0 Å². The summed E-state index contributed by atoms with van der Waals surface area (Å²) in [6, 6.07) is 16.6. The average molecular weight is 263 g/mol. The van der Waals surface area contributed by atoms with Crippen molar-refractivity contribution in [3.05, 3.63) is 65.2 Å². The summed E-state index contributed by atoms with van der Waals surface area (Å²) in [6.07, 6.45) is 1.98. The lowest BCUT2D eigenvalue weighted by atomic mass is 10.1. The standard InChI is InChI=1S/C18H17NO/c1-13-5-4-6-14(11-13)12-19-16-8-3-2-7-15(16)17(20)18(19)9-10-18/h2-8,11H,9-10,12H2,1H3. The van der Waals surface area contributed by atoms with Crippen LogP contribution in [0.1, 0.15) is 34.3 Å². The lowest BCUT2D eigenvalue weighted by Crippen LogP contribution is -2.37. The van der Waals surface area contributed by atoms with E-state index >= 15 is 0 Å². The number of hydrogen-bond donors (Lipinski definition) is 0. The molecule has 20 heavy (non-hydrogen) atoms. The van der Waals surface area contributed by atoms with Gasteiger partial charge in [0.15, 0.2) is 5.78 Å². The Morgan fingerprint density at radius 3 is 2.65 bits per heavy atom. The molecule has 1 aliphatic carbocycles. The third-order valence-corrected chi connectivity index (χ3v) is 4.53. The highest BCUT2D eigenvalue weighted by molar-refractivity contribution is 6.15. The van der Waals surface area contributed by atoms with Gasteiger partial charge in [-0.2, -0.15) is 0 Å². The van der Waals surface area contributed by atoms with Gasteiger partial charge in [-0.05, 0) is 37.5 Å². The number of anilines is 1. The molecule has 4 rings (SSSR count). The summed E-state index contributed by atoms with van der Waals surface area (Å²) in [6.45, 7) is 2.93. The molecule has 0 atom stereocenters. The van der Waals surface area contributed by atoms with E-state index in [-0.39, 0.29) is 5.54 Å². The monoisotopic (exact) mass is 263 g/mol. The second-order valence-electron chi connectivity index (χ2n) is 5.95. The Kier molecular flexibility index (Phi) is 2.31. The van der Waals surface area contributed by atoms with Crippen LogP contribution >= 0.6 is 0 Å². The molecule has 0 radical (unpaired) electrons. The van der Waals surface area contributed by atoms with Crippen LogP contribution in [0, 0.1) is 6.92 Å². The quantitative estimate of drug-likeness (QED) is 0.822. The number of hydrogen-bond acceptors (Lipinski definition) is 2. The number of nitrogens with zero attached hydrogens (tertiary/aromatic N) is 1. The average Bonchev–Trinajstić information content (AvgIpc) is 3.22. The van der Waals surface area contributed by atoms with Crippen LogP contribution in [0.4, 0.5) is 5.69 Å². The van der Waals surface area contributed by atoms with Crippen molar-refractivity contribution < 1.29 is 4.79 Å². The van der Waals surface area contributed by atoms with Gasteiger partial charge in [0.1, 0.15) is 5.54 Å². The van der Waals surface area contributed by atoms with Crippen LogP contribution in [0.15, 0.2) is 48.5 Å². The zero-order valence-electron chi connectivity index (χ0n) is 11.6. The summed E-state index contributed by atoms with van der Waals surface area (Å²) in [4.78, 5) is 14.9. The molecule has 0 bridgehead atoms. The number of Topliss-reactive ketones (excluding diaryl/α,β-unsaturated/α-hetero) is 1. The molecule has 1 spiro atoms. The third kappa shape index (κ3) is 1.54. The molecule has 1 heterocycles. The van der Waals surface area contributed by atoms with Crippen molar-refractivity contribution in [2.45, 2.75) is 31.8 Å². The molecule has 1 fully saturated rings. The topological polar surface area (TPSA) is 20.3 Å². The predicted molar refractivity (Wildman–Crippen MR) is 80.1 cm³/mol. The van der Waals surface area contributed by atoms with E-state index in [1.54, 1.807) is 0 Å². The Morgan fingerprint density at radius 1 is 1.10 bits per heavy atom. The zero-order valence-corrected chi connectivity index (χ0v) is 11.6. The van der Waals surface area contributed by atoms with Gasteiger partial charge in [0.25, 0.3) is 0 Å². The van der Waals surface area contributed by atoms with Gasteiger partial charge in [0, 0.05) is 17.8 Å². The summed E-state index contributed by atoms with van der Waals surface area (Å²) in [5.74, 6) is 0.320. The highest BCUT2D eigenvalue weighted by Gasteiger charge is 2.59. The number of ketones is 1. The van der Waals surface area contributed by atoms with Crippen LogP contribution < -0.4 is 4.90 Å². The molecule has 2 aromatic carbocycles. The Labute approximate surface area is 119 Å². The number of aryl methyl sites for hydroxylation is 1. The largest absolute Gasteiger partial charge is 0.353 e. The van der Waals surface area contributed by atoms with Crippen molar-refractivity contribution in [3.63, 3.8) is 0 Å². The smallest absolute Gasteiger partial charge is 0.190 e. The molecule has 100 valence electrons. The fourth-order valence-corrected chi connectivity index (χ4v) is 3.35. The van der Waals surface area contributed by atoms with Crippen LogP contribution in [0.5, 0.6) is 0 Å². The third-order valence-electron chi connectivity index (χ3n) is 4.53. The van der Waals surface area contributed by atoms with Gasteiger partial charge in [0.2, 0.25) is 0 Å². The first-order chi connectivity index (χ1) is 9.71. The van der Waals surface area contributed by atoms with Crippen LogP contribution in [0.2, 0.25) is 0 Å². The molecule has 2 nitrogen and oxygen atoms in total. The first-order valence-electron chi connectivity index (χ1n) is 7.18. The Balaban J connectivity index is 1.76. The Morgan fingerprint density at radius 2 is 1.90 bits per heavy atom. The van der Waals surface area contributed by atoms with Gasteiger partial charge >= 0.3 is 0 Å². The molecule has 0 aromatic heterocycles. The van der Waals surface area contributed by atoms with E-state index in [0.717, 1.165) is 30.6 Å². The Bertz CT molecular complexity index is 700. The van der Waals surface area contributed by atoms with Crippen molar-refractivity contribution in [3.8, 4) is 0 Å². The van der Waals surface area contributed by atoms with Crippen molar-refractivity contribution in [2.24, 2.45) is 0 Å². The minimum Gasteiger partial charge on any atom is -0.353 e. The number of carbonyl (C=O) groups is 1. The van der Waals surface area contributed by atoms with E-state index in [1.807, 2.05) is 18.2 Å². The van der Waals surface area contributed by atoms with E-state index in [2.05, 4.69) is 42.2 Å². The molecule has 0 saturated heterocycles. The maximum Gasteiger partial charge on any atom is 0.190 e. The van der Waals surface area contributed by atoms with Crippen LogP contribution in [0.25, 0.3) is 0 Å². The molecule has 0 unspecified atom stereocenters. The lowest BCUT2D eigenvalue weighted by molar-refractivity contribution is 0.0958. The summed E-state index contributed by atoms with van der Waals surface area (Å²) < 4.78 is 0. The number of rotatable bonds is 2. The summed E-state index contributed by atoms with van der Waals surface area (Å²) in [7, 11) is 0. The minimum atomic E-state index is -0.229. The van der Waals surface area contributed by atoms with Crippen molar-refractivity contribution in [1.29, 1.82) is 0 Å². The summed E-state index contributed by atoms with van der Waals surface area (Å²) in [5.41, 5.74) is 4.33. The van der Waals surface area contributed by atoms with Gasteiger partial charge in [-0.1, -0.05) is 42.0 Å². The maximum atomic E-state index is 12.6. The number of fused-ring (bicyclic) bond motifs is 1. The van der Waals surface area contributed by atoms with E-state index in [0.29, 0.717) is 5.78 Å². The highest BCUT2D eigenvalue weighted by Crippen LogP contribution is 2.53. The highest BCUT2D eigenvalue weighted by atomic mass is 16.1. The molecule has 0 N–H and O–H groups in total. The van der Waals surface area contributed by atoms with Crippen LogP contribution in [0.3, 0.4) is 0 Å². The SMILES string of the molecule is Cc1cccc(CN2c3ccccc3C(=O)C23CC3)c1. The van der Waals surface area contributed by atoms with Gasteiger partial charge in [-0.25, -0.2) is 0 Å². The Hall–Kier alpha value is -2.09. The molecular formula is C18H17NO. The molecule has 2 heteroatoms. The minimum absolute atomic E-state index is 0.229. The summed E-state index contributed by atoms with van der Waals surface area (Å²) >= 11 is 0. The second kappa shape index (κ2) is 3.95.